The monoisotopic (exact) mass is 347 g/mol. The van der Waals surface area contributed by atoms with Crippen molar-refractivity contribution in [1.29, 1.82) is 0 Å². The SMILES string of the molecule is NC(=O)NCCC[C@H]1C[C@H](Cc2ccc(F)cc2)CCN1CC1CC1. The third-order valence-electron chi connectivity index (χ3n) is 5.59. The molecule has 3 N–H and O–H groups in total. The molecule has 138 valence electrons. The fourth-order valence-electron chi connectivity index (χ4n) is 4.04. The maximum absolute atomic E-state index is 13.1. The zero-order valence-corrected chi connectivity index (χ0v) is 14.9. The number of benzene rings is 1. The molecule has 1 aliphatic heterocycles. The highest BCUT2D eigenvalue weighted by molar-refractivity contribution is 5.71. The van der Waals surface area contributed by atoms with Crippen molar-refractivity contribution in [3.05, 3.63) is 35.6 Å². The number of rotatable bonds is 8. The number of urea groups is 1. The smallest absolute Gasteiger partial charge is 0.312 e. The van der Waals surface area contributed by atoms with Gasteiger partial charge in [0.1, 0.15) is 5.82 Å². The van der Waals surface area contributed by atoms with Crippen molar-refractivity contribution in [2.24, 2.45) is 17.6 Å². The second-order valence-corrected chi connectivity index (χ2v) is 7.75. The van der Waals surface area contributed by atoms with E-state index >= 15 is 0 Å². The molecule has 1 saturated carbocycles. The molecular weight excluding hydrogens is 317 g/mol. The van der Waals surface area contributed by atoms with E-state index in [1.54, 1.807) is 12.1 Å². The summed E-state index contributed by atoms with van der Waals surface area (Å²) >= 11 is 0. The van der Waals surface area contributed by atoms with Crippen molar-refractivity contribution in [2.75, 3.05) is 19.6 Å². The minimum Gasteiger partial charge on any atom is -0.352 e. The van der Waals surface area contributed by atoms with E-state index in [1.165, 1.54) is 37.8 Å². The molecule has 1 heterocycles. The molecule has 0 bridgehead atoms. The maximum Gasteiger partial charge on any atom is 0.312 e. The van der Waals surface area contributed by atoms with Crippen LogP contribution in [-0.4, -0.2) is 36.6 Å². The van der Waals surface area contributed by atoms with Gasteiger partial charge in [-0.2, -0.15) is 0 Å². The van der Waals surface area contributed by atoms with Gasteiger partial charge in [0.25, 0.3) is 0 Å². The van der Waals surface area contributed by atoms with Crippen LogP contribution in [0.5, 0.6) is 0 Å². The number of carbonyl (C=O) groups excluding carboxylic acids is 1. The molecule has 1 aliphatic carbocycles. The van der Waals surface area contributed by atoms with Crippen LogP contribution in [-0.2, 0) is 6.42 Å². The van der Waals surface area contributed by atoms with Gasteiger partial charge < -0.3 is 16.0 Å². The standard InChI is InChI=1S/C20H30FN3O/c21-18-7-5-15(6-8-18)12-17-9-11-24(14-16-3-4-16)19(13-17)2-1-10-23-20(22)25/h5-8,16-17,19H,1-4,9-14H2,(H3,22,23,25)/t17-,19-/m0/s1. The summed E-state index contributed by atoms with van der Waals surface area (Å²) in [6.45, 7) is 3.05. The number of hydrogen-bond donors (Lipinski definition) is 2. The van der Waals surface area contributed by atoms with Crippen LogP contribution in [0.2, 0.25) is 0 Å². The molecule has 1 aromatic rings. The summed E-state index contributed by atoms with van der Waals surface area (Å²) in [4.78, 5) is 13.5. The van der Waals surface area contributed by atoms with Gasteiger partial charge in [-0.1, -0.05) is 12.1 Å². The Morgan fingerprint density at radius 2 is 1.96 bits per heavy atom. The van der Waals surface area contributed by atoms with Gasteiger partial charge in [-0.3, -0.25) is 0 Å². The van der Waals surface area contributed by atoms with Crippen LogP contribution in [0, 0.1) is 17.7 Å². The molecule has 3 rings (SSSR count). The van der Waals surface area contributed by atoms with E-state index in [2.05, 4.69) is 10.2 Å². The highest BCUT2D eigenvalue weighted by atomic mass is 19.1. The second-order valence-electron chi connectivity index (χ2n) is 7.75. The topological polar surface area (TPSA) is 58.4 Å². The molecule has 0 spiro atoms. The predicted molar refractivity (Wildman–Crippen MR) is 97.7 cm³/mol. The van der Waals surface area contributed by atoms with E-state index in [-0.39, 0.29) is 5.82 Å². The minimum absolute atomic E-state index is 0.164. The van der Waals surface area contributed by atoms with Crippen molar-refractivity contribution in [1.82, 2.24) is 10.2 Å². The molecule has 2 aliphatic rings. The second kappa shape index (κ2) is 8.65. The van der Waals surface area contributed by atoms with E-state index in [0.29, 0.717) is 18.5 Å². The van der Waals surface area contributed by atoms with Gasteiger partial charge in [0, 0.05) is 19.1 Å². The number of halogens is 1. The number of nitrogens with one attached hydrogen (secondary N) is 1. The van der Waals surface area contributed by atoms with Crippen molar-refractivity contribution in [2.45, 2.75) is 51.0 Å². The summed E-state index contributed by atoms with van der Waals surface area (Å²) in [5.74, 6) is 1.40. The van der Waals surface area contributed by atoms with Crippen LogP contribution >= 0.6 is 0 Å². The van der Waals surface area contributed by atoms with Gasteiger partial charge in [-0.15, -0.1) is 0 Å². The number of piperidine rings is 1. The Bertz CT molecular complexity index is 559. The van der Waals surface area contributed by atoms with Crippen LogP contribution in [0.25, 0.3) is 0 Å². The molecule has 5 heteroatoms. The summed E-state index contributed by atoms with van der Waals surface area (Å²) in [5, 5.41) is 2.69. The highest BCUT2D eigenvalue weighted by Crippen LogP contribution is 2.34. The first-order valence-electron chi connectivity index (χ1n) is 9.62. The first-order valence-corrected chi connectivity index (χ1v) is 9.62. The van der Waals surface area contributed by atoms with Crippen LogP contribution < -0.4 is 11.1 Å². The number of amides is 2. The summed E-state index contributed by atoms with van der Waals surface area (Å²) < 4.78 is 13.1. The molecule has 2 atom stereocenters. The maximum atomic E-state index is 13.1. The Balaban J connectivity index is 1.52. The molecule has 0 unspecified atom stereocenters. The first kappa shape index (κ1) is 18.2. The molecule has 1 aromatic carbocycles. The first-order chi connectivity index (χ1) is 12.1. The zero-order valence-electron chi connectivity index (χ0n) is 14.9. The van der Waals surface area contributed by atoms with Gasteiger partial charge in [-0.25, -0.2) is 9.18 Å². The molecular formula is C20H30FN3O. The third-order valence-corrected chi connectivity index (χ3v) is 5.59. The van der Waals surface area contributed by atoms with Crippen molar-refractivity contribution < 1.29 is 9.18 Å². The van der Waals surface area contributed by atoms with Crippen molar-refractivity contribution in [3.63, 3.8) is 0 Å². The summed E-state index contributed by atoms with van der Waals surface area (Å²) in [7, 11) is 0. The third kappa shape index (κ3) is 5.99. The molecule has 4 nitrogen and oxygen atoms in total. The van der Waals surface area contributed by atoms with Crippen LogP contribution in [0.15, 0.2) is 24.3 Å². The number of carbonyl (C=O) groups is 1. The van der Waals surface area contributed by atoms with Gasteiger partial charge in [-0.05, 0) is 81.0 Å². The number of nitrogens with zero attached hydrogens (tertiary/aromatic N) is 1. The Kier molecular flexibility index (Phi) is 6.29. The zero-order chi connectivity index (χ0) is 17.6. The fourth-order valence-corrected chi connectivity index (χ4v) is 4.04. The Labute approximate surface area is 150 Å². The lowest BCUT2D eigenvalue weighted by atomic mass is 9.84. The highest BCUT2D eigenvalue weighted by Gasteiger charge is 2.32. The van der Waals surface area contributed by atoms with Crippen LogP contribution in [0.1, 0.15) is 44.1 Å². The number of primary amides is 1. The average Bonchev–Trinajstić information content (AvgIpc) is 3.40. The Morgan fingerprint density at radius 3 is 2.64 bits per heavy atom. The van der Waals surface area contributed by atoms with Gasteiger partial charge in [0.2, 0.25) is 0 Å². The fraction of sp³-hybridized carbons (Fsp3) is 0.650. The molecule has 1 saturated heterocycles. The lowest BCUT2D eigenvalue weighted by molar-refractivity contribution is 0.0987. The number of likely N-dealkylation sites (tertiary alicyclic amines) is 1. The molecule has 0 radical (unpaired) electrons. The van der Waals surface area contributed by atoms with Crippen LogP contribution in [0.4, 0.5) is 9.18 Å². The lowest BCUT2D eigenvalue weighted by Gasteiger charge is -2.40. The van der Waals surface area contributed by atoms with Gasteiger partial charge in [0.05, 0.1) is 0 Å². The Morgan fingerprint density at radius 1 is 1.20 bits per heavy atom. The minimum atomic E-state index is -0.437. The van der Waals surface area contributed by atoms with E-state index in [1.807, 2.05) is 12.1 Å². The van der Waals surface area contributed by atoms with E-state index in [9.17, 15) is 9.18 Å². The van der Waals surface area contributed by atoms with E-state index in [4.69, 9.17) is 5.73 Å². The van der Waals surface area contributed by atoms with Gasteiger partial charge in [0.15, 0.2) is 0 Å². The van der Waals surface area contributed by atoms with Crippen molar-refractivity contribution >= 4 is 6.03 Å². The molecule has 2 fully saturated rings. The molecule has 0 aromatic heterocycles. The lowest BCUT2D eigenvalue weighted by Crippen LogP contribution is -2.44. The van der Waals surface area contributed by atoms with E-state index in [0.717, 1.165) is 31.7 Å². The number of nitrogens with two attached hydrogens (primary N) is 1. The molecule has 2 amide bonds. The molecule has 25 heavy (non-hydrogen) atoms. The van der Waals surface area contributed by atoms with Crippen molar-refractivity contribution in [3.8, 4) is 0 Å². The largest absolute Gasteiger partial charge is 0.352 e. The van der Waals surface area contributed by atoms with Crippen LogP contribution in [0.3, 0.4) is 0 Å². The van der Waals surface area contributed by atoms with Gasteiger partial charge >= 0.3 is 6.03 Å². The Hall–Kier alpha value is -1.62. The quantitative estimate of drug-likeness (QED) is 0.709. The summed E-state index contributed by atoms with van der Waals surface area (Å²) in [6.07, 6.45) is 8.29. The summed E-state index contributed by atoms with van der Waals surface area (Å²) in [5.41, 5.74) is 6.38. The predicted octanol–water partition coefficient (Wildman–Crippen LogP) is 3.31. The van der Waals surface area contributed by atoms with E-state index < -0.39 is 6.03 Å². The summed E-state index contributed by atoms with van der Waals surface area (Å²) in [6, 6.07) is 7.10. The normalized spacial score (nSPS) is 24.2. The average molecular weight is 347 g/mol. The number of hydrogen-bond acceptors (Lipinski definition) is 2.